The molecule has 1 heterocycles. The highest BCUT2D eigenvalue weighted by molar-refractivity contribution is 5.93. The highest BCUT2D eigenvalue weighted by Gasteiger charge is 2.00. The fraction of sp³-hybridized carbons (Fsp3) is 0.0714. The van der Waals surface area contributed by atoms with Gasteiger partial charge in [-0.3, -0.25) is 4.79 Å². The summed E-state index contributed by atoms with van der Waals surface area (Å²) in [4.78, 5) is 14.8. The lowest BCUT2D eigenvalue weighted by Gasteiger charge is -2.07. The summed E-state index contributed by atoms with van der Waals surface area (Å²) in [6, 6.07) is 12.5. The van der Waals surface area contributed by atoms with Crippen LogP contribution in [0, 0.1) is 11.3 Å². The van der Waals surface area contributed by atoms with Crippen LogP contribution in [-0.4, -0.2) is 10.9 Å². The molecule has 0 aliphatic carbocycles. The minimum atomic E-state index is -0.445. The molecule has 0 spiro atoms. The Balaban J connectivity index is 2.02. The number of anilines is 1. The zero-order chi connectivity index (χ0) is 13.7. The van der Waals surface area contributed by atoms with Crippen LogP contribution in [0.4, 0.5) is 5.69 Å². The standard InChI is InChI=1S/C14H12N4O/c15-8-13-7-10(5-6-17-13)9-18-12-3-1-11(2-4-12)14(16)19/h1-7,18H,9H2,(H2,16,19). The van der Waals surface area contributed by atoms with Crippen molar-refractivity contribution in [3.8, 4) is 6.07 Å². The number of aromatic nitrogens is 1. The number of nitriles is 1. The second-order valence-corrected chi connectivity index (χ2v) is 3.96. The Kier molecular flexibility index (Phi) is 3.74. The van der Waals surface area contributed by atoms with Crippen LogP contribution in [0.5, 0.6) is 0 Å². The smallest absolute Gasteiger partial charge is 0.248 e. The zero-order valence-electron chi connectivity index (χ0n) is 10.1. The lowest BCUT2D eigenvalue weighted by molar-refractivity contribution is 0.100. The summed E-state index contributed by atoms with van der Waals surface area (Å²) in [7, 11) is 0. The molecule has 0 radical (unpaired) electrons. The fourth-order valence-corrected chi connectivity index (χ4v) is 1.60. The third-order valence-electron chi connectivity index (χ3n) is 2.60. The van der Waals surface area contributed by atoms with Crippen LogP contribution >= 0.6 is 0 Å². The van der Waals surface area contributed by atoms with Gasteiger partial charge in [-0.05, 0) is 42.0 Å². The summed E-state index contributed by atoms with van der Waals surface area (Å²) in [6.45, 7) is 0.577. The van der Waals surface area contributed by atoms with Crippen molar-refractivity contribution in [3.05, 3.63) is 59.4 Å². The Morgan fingerprint density at radius 3 is 2.68 bits per heavy atom. The third-order valence-corrected chi connectivity index (χ3v) is 2.60. The Hall–Kier alpha value is -2.87. The molecule has 0 bridgehead atoms. The third kappa shape index (κ3) is 3.30. The minimum absolute atomic E-state index is 0.392. The van der Waals surface area contributed by atoms with E-state index in [9.17, 15) is 4.79 Å². The van der Waals surface area contributed by atoms with Crippen LogP contribution < -0.4 is 11.1 Å². The fourth-order valence-electron chi connectivity index (χ4n) is 1.60. The van der Waals surface area contributed by atoms with Crippen molar-refractivity contribution >= 4 is 11.6 Å². The molecule has 5 heteroatoms. The van der Waals surface area contributed by atoms with Crippen molar-refractivity contribution in [1.82, 2.24) is 4.98 Å². The maximum absolute atomic E-state index is 10.9. The summed E-state index contributed by atoms with van der Waals surface area (Å²) in [5.41, 5.74) is 7.87. The van der Waals surface area contributed by atoms with Crippen molar-refractivity contribution in [3.63, 3.8) is 0 Å². The van der Waals surface area contributed by atoms with Gasteiger partial charge in [0.2, 0.25) is 5.91 Å². The molecule has 1 amide bonds. The number of hydrogen-bond donors (Lipinski definition) is 2. The molecule has 2 rings (SSSR count). The summed E-state index contributed by atoms with van der Waals surface area (Å²) in [5, 5.41) is 11.9. The van der Waals surface area contributed by atoms with Gasteiger partial charge in [0, 0.05) is 24.0 Å². The Bertz CT molecular complexity index is 629. The van der Waals surface area contributed by atoms with E-state index >= 15 is 0 Å². The number of nitrogens with zero attached hydrogens (tertiary/aromatic N) is 2. The van der Waals surface area contributed by atoms with E-state index in [4.69, 9.17) is 11.0 Å². The van der Waals surface area contributed by atoms with Crippen molar-refractivity contribution < 1.29 is 4.79 Å². The summed E-state index contributed by atoms with van der Waals surface area (Å²) in [6.07, 6.45) is 1.60. The molecule has 1 aromatic carbocycles. The van der Waals surface area contributed by atoms with E-state index in [2.05, 4.69) is 10.3 Å². The molecule has 94 valence electrons. The van der Waals surface area contributed by atoms with Crippen LogP contribution in [0.25, 0.3) is 0 Å². The van der Waals surface area contributed by atoms with E-state index < -0.39 is 5.91 Å². The molecule has 3 N–H and O–H groups in total. The van der Waals surface area contributed by atoms with Crippen LogP contribution in [0.1, 0.15) is 21.6 Å². The molecule has 0 aliphatic heterocycles. The quantitative estimate of drug-likeness (QED) is 0.865. The van der Waals surface area contributed by atoms with Gasteiger partial charge in [-0.2, -0.15) is 5.26 Å². The molecule has 5 nitrogen and oxygen atoms in total. The maximum atomic E-state index is 10.9. The minimum Gasteiger partial charge on any atom is -0.381 e. The average Bonchev–Trinajstić information content (AvgIpc) is 2.46. The molecule has 19 heavy (non-hydrogen) atoms. The first-order chi connectivity index (χ1) is 9.19. The Morgan fingerprint density at radius 2 is 2.05 bits per heavy atom. The largest absolute Gasteiger partial charge is 0.381 e. The SMILES string of the molecule is N#Cc1cc(CNc2ccc(C(N)=O)cc2)ccn1. The number of amides is 1. The van der Waals surface area contributed by atoms with Crippen LogP contribution in [0.3, 0.4) is 0 Å². The lowest BCUT2D eigenvalue weighted by atomic mass is 10.2. The van der Waals surface area contributed by atoms with Gasteiger partial charge in [0.25, 0.3) is 0 Å². The number of carbonyl (C=O) groups is 1. The van der Waals surface area contributed by atoms with Crippen LogP contribution in [0.15, 0.2) is 42.6 Å². The van der Waals surface area contributed by atoms with Gasteiger partial charge in [-0.1, -0.05) is 0 Å². The van der Waals surface area contributed by atoms with Gasteiger partial charge in [-0.25, -0.2) is 4.98 Å². The van der Waals surface area contributed by atoms with Gasteiger partial charge in [0.1, 0.15) is 11.8 Å². The van der Waals surface area contributed by atoms with E-state index in [0.717, 1.165) is 11.3 Å². The van der Waals surface area contributed by atoms with E-state index in [1.807, 2.05) is 12.1 Å². The topological polar surface area (TPSA) is 91.8 Å². The van der Waals surface area contributed by atoms with Crippen molar-refractivity contribution in [2.75, 3.05) is 5.32 Å². The van der Waals surface area contributed by atoms with Crippen LogP contribution in [0.2, 0.25) is 0 Å². The van der Waals surface area contributed by atoms with Gasteiger partial charge in [0.15, 0.2) is 0 Å². The number of pyridine rings is 1. The summed E-state index contributed by atoms with van der Waals surface area (Å²) in [5.74, 6) is -0.445. The van der Waals surface area contributed by atoms with Crippen molar-refractivity contribution in [2.45, 2.75) is 6.54 Å². The van der Waals surface area contributed by atoms with E-state index in [1.165, 1.54) is 0 Å². The molecule has 0 saturated carbocycles. The van der Waals surface area contributed by atoms with Gasteiger partial charge >= 0.3 is 0 Å². The van der Waals surface area contributed by atoms with Crippen LogP contribution in [-0.2, 0) is 6.54 Å². The highest BCUT2D eigenvalue weighted by Crippen LogP contribution is 2.11. The van der Waals surface area contributed by atoms with E-state index in [1.54, 1.807) is 36.5 Å². The number of nitrogens with one attached hydrogen (secondary N) is 1. The number of nitrogens with two attached hydrogens (primary N) is 1. The first-order valence-corrected chi connectivity index (χ1v) is 5.68. The molecular weight excluding hydrogens is 240 g/mol. The molecule has 0 atom stereocenters. The Labute approximate surface area is 110 Å². The highest BCUT2D eigenvalue weighted by atomic mass is 16.1. The number of primary amides is 1. The number of carbonyl (C=O) groups excluding carboxylic acids is 1. The van der Waals surface area contributed by atoms with E-state index in [-0.39, 0.29) is 0 Å². The number of benzene rings is 1. The summed E-state index contributed by atoms with van der Waals surface area (Å²) < 4.78 is 0. The molecular formula is C14H12N4O. The van der Waals surface area contributed by atoms with Gasteiger partial charge in [0.05, 0.1) is 0 Å². The predicted molar refractivity (Wildman–Crippen MR) is 71.2 cm³/mol. The summed E-state index contributed by atoms with van der Waals surface area (Å²) >= 11 is 0. The normalized spacial score (nSPS) is 9.63. The van der Waals surface area contributed by atoms with Gasteiger partial charge in [-0.15, -0.1) is 0 Å². The second kappa shape index (κ2) is 5.65. The van der Waals surface area contributed by atoms with Crippen molar-refractivity contribution in [2.24, 2.45) is 5.73 Å². The first kappa shape index (κ1) is 12.6. The average molecular weight is 252 g/mol. The zero-order valence-corrected chi connectivity index (χ0v) is 10.1. The van der Waals surface area contributed by atoms with E-state index in [0.29, 0.717) is 17.8 Å². The Morgan fingerprint density at radius 1 is 1.32 bits per heavy atom. The lowest BCUT2D eigenvalue weighted by Crippen LogP contribution is -2.10. The monoisotopic (exact) mass is 252 g/mol. The molecule has 0 unspecified atom stereocenters. The molecule has 0 fully saturated rings. The molecule has 2 aromatic rings. The van der Waals surface area contributed by atoms with Crippen molar-refractivity contribution in [1.29, 1.82) is 5.26 Å². The predicted octanol–water partition coefficient (Wildman–Crippen LogP) is 1.66. The molecule has 0 saturated heterocycles. The number of hydrogen-bond acceptors (Lipinski definition) is 4. The molecule has 0 aliphatic rings. The number of rotatable bonds is 4. The maximum Gasteiger partial charge on any atom is 0.248 e. The second-order valence-electron chi connectivity index (χ2n) is 3.96. The first-order valence-electron chi connectivity index (χ1n) is 5.68. The van der Waals surface area contributed by atoms with Gasteiger partial charge < -0.3 is 11.1 Å². The molecule has 1 aromatic heterocycles.